The number of aryl methyl sites for hydroxylation is 1. The summed E-state index contributed by atoms with van der Waals surface area (Å²) in [6.07, 6.45) is 2.97. The van der Waals surface area contributed by atoms with E-state index in [-0.39, 0.29) is 0 Å². The van der Waals surface area contributed by atoms with Gasteiger partial charge in [-0.1, -0.05) is 32.4 Å². The predicted molar refractivity (Wildman–Crippen MR) is 79.3 cm³/mol. The normalized spacial score (nSPS) is 10.7. The maximum atomic E-state index is 5.77. The molecule has 0 atom stereocenters. The summed E-state index contributed by atoms with van der Waals surface area (Å²) in [5.41, 5.74) is 5.58. The number of nitrogens with zero attached hydrogens (tertiary/aromatic N) is 1. The minimum atomic E-state index is 0.699. The van der Waals surface area contributed by atoms with Crippen LogP contribution in [0.2, 0.25) is 0 Å². The van der Waals surface area contributed by atoms with E-state index in [1.807, 2.05) is 24.3 Å². The molecule has 0 aliphatic heterocycles. The zero-order valence-electron chi connectivity index (χ0n) is 11.6. The van der Waals surface area contributed by atoms with Gasteiger partial charge in [0.2, 0.25) is 0 Å². The van der Waals surface area contributed by atoms with E-state index in [4.69, 9.17) is 15.6 Å². The minimum absolute atomic E-state index is 0.699. The van der Waals surface area contributed by atoms with Crippen molar-refractivity contribution < 1.29 is 4.74 Å². The van der Waals surface area contributed by atoms with Crippen molar-refractivity contribution in [3.63, 3.8) is 0 Å². The molecular weight excluding hydrogens is 238 g/mol. The number of hydrogen-bond donors (Lipinski definition) is 2. The molecular formula is C15H21N3O. The second kappa shape index (κ2) is 6.38. The van der Waals surface area contributed by atoms with Crippen LogP contribution in [0.4, 0.5) is 5.69 Å². The molecule has 4 nitrogen and oxygen atoms in total. The van der Waals surface area contributed by atoms with Crippen LogP contribution in [-0.2, 0) is 6.42 Å². The highest BCUT2D eigenvalue weighted by Gasteiger charge is 2.09. The summed E-state index contributed by atoms with van der Waals surface area (Å²) < 4.78 is 5.77. The lowest BCUT2D eigenvalue weighted by Crippen LogP contribution is -2.09. The van der Waals surface area contributed by atoms with E-state index in [9.17, 15) is 0 Å². The molecule has 0 amide bonds. The second-order valence-electron chi connectivity index (χ2n) is 4.56. The number of para-hydroxylation sites is 1. The van der Waals surface area contributed by atoms with Crippen LogP contribution in [-0.4, -0.2) is 11.6 Å². The molecule has 1 heterocycles. The maximum absolute atomic E-state index is 5.77. The van der Waals surface area contributed by atoms with Crippen LogP contribution < -0.4 is 16.0 Å². The van der Waals surface area contributed by atoms with Gasteiger partial charge < -0.3 is 10.2 Å². The Balaban J connectivity index is 2.54. The van der Waals surface area contributed by atoms with Crippen LogP contribution in [0.5, 0.6) is 5.75 Å². The van der Waals surface area contributed by atoms with Gasteiger partial charge in [0.25, 0.3) is 0 Å². The van der Waals surface area contributed by atoms with E-state index in [0.29, 0.717) is 6.61 Å². The molecule has 3 N–H and O–H groups in total. The Morgan fingerprint density at radius 2 is 2.11 bits per heavy atom. The van der Waals surface area contributed by atoms with E-state index in [2.05, 4.69) is 19.3 Å². The molecule has 1 aromatic carbocycles. The monoisotopic (exact) mass is 259 g/mol. The highest BCUT2D eigenvalue weighted by atomic mass is 16.5. The Morgan fingerprint density at radius 3 is 2.79 bits per heavy atom. The third-order valence-corrected chi connectivity index (χ3v) is 2.98. The van der Waals surface area contributed by atoms with E-state index < -0.39 is 0 Å². The topological polar surface area (TPSA) is 60.2 Å². The fraction of sp³-hybridized carbons (Fsp3) is 0.400. The molecule has 0 bridgehead atoms. The van der Waals surface area contributed by atoms with Crippen molar-refractivity contribution in [1.29, 1.82) is 0 Å². The van der Waals surface area contributed by atoms with Crippen LogP contribution in [0, 0.1) is 0 Å². The summed E-state index contributed by atoms with van der Waals surface area (Å²) >= 11 is 0. The number of rotatable bonds is 6. The average molecular weight is 259 g/mol. The molecule has 19 heavy (non-hydrogen) atoms. The highest BCUT2D eigenvalue weighted by Crippen LogP contribution is 2.30. The third kappa shape index (κ3) is 2.96. The van der Waals surface area contributed by atoms with Crippen LogP contribution in [0.25, 0.3) is 10.9 Å². The lowest BCUT2D eigenvalue weighted by Gasteiger charge is -2.12. The summed E-state index contributed by atoms with van der Waals surface area (Å²) in [6, 6.07) is 7.94. The number of benzene rings is 1. The quantitative estimate of drug-likeness (QED) is 0.617. The number of ether oxygens (including phenoxy) is 1. The van der Waals surface area contributed by atoms with Crippen molar-refractivity contribution in [1.82, 2.24) is 4.98 Å². The van der Waals surface area contributed by atoms with Crippen LogP contribution in [0.15, 0.2) is 24.3 Å². The summed E-state index contributed by atoms with van der Waals surface area (Å²) in [5, 5.41) is 0.996. The fourth-order valence-corrected chi connectivity index (χ4v) is 2.11. The Labute approximate surface area is 113 Å². The molecule has 0 fully saturated rings. The second-order valence-corrected chi connectivity index (χ2v) is 4.56. The van der Waals surface area contributed by atoms with Gasteiger partial charge in [-0.05, 0) is 25.0 Å². The van der Waals surface area contributed by atoms with Gasteiger partial charge in [-0.25, -0.2) is 4.98 Å². The van der Waals surface area contributed by atoms with Crippen molar-refractivity contribution in [2.45, 2.75) is 33.1 Å². The Kier molecular flexibility index (Phi) is 4.58. The number of nitrogens with two attached hydrogens (primary N) is 1. The van der Waals surface area contributed by atoms with Crippen molar-refractivity contribution in [2.24, 2.45) is 5.84 Å². The molecule has 0 aliphatic carbocycles. The summed E-state index contributed by atoms with van der Waals surface area (Å²) in [4.78, 5) is 4.71. The van der Waals surface area contributed by atoms with E-state index in [1.54, 1.807) is 0 Å². The van der Waals surface area contributed by atoms with Gasteiger partial charge in [0.15, 0.2) is 0 Å². The number of nitrogen functional groups attached to an aromatic ring is 1. The first-order valence-electron chi connectivity index (χ1n) is 6.82. The average Bonchev–Trinajstić information content (AvgIpc) is 2.44. The van der Waals surface area contributed by atoms with Crippen molar-refractivity contribution in [3.05, 3.63) is 30.0 Å². The summed E-state index contributed by atoms with van der Waals surface area (Å²) in [7, 11) is 0. The molecule has 2 rings (SSSR count). The van der Waals surface area contributed by atoms with Crippen LogP contribution >= 0.6 is 0 Å². The maximum Gasteiger partial charge on any atom is 0.145 e. The van der Waals surface area contributed by atoms with E-state index >= 15 is 0 Å². The molecule has 0 saturated heterocycles. The highest BCUT2D eigenvalue weighted by molar-refractivity contribution is 5.94. The van der Waals surface area contributed by atoms with Gasteiger partial charge in [-0.3, -0.25) is 5.84 Å². The molecule has 4 heteroatoms. The van der Waals surface area contributed by atoms with Crippen molar-refractivity contribution in [3.8, 4) is 5.75 Å². The number of anilines is 1. The number of pyridine rings is 1. The lowest BCUT2D eigenvalue weighted by atomic mass is 10.1. The number of nitrogens with one attached hydrogen (secondary N) is 1. The number of aromatic nitrogens is 1. The molecule has 2 aromatic rings. The first-order valence-corrected chi connectivity index (χ1v) is 6.82. The van der Waals surface area contributed by atoms with Crippen LogP contribution in [0.1, 0.15) is 32.4 Å². The number of hydrogen-bond acceptors (Lipinski definition) is 4. The van der Waals surface area contributed by atoms with E-state index in [1.165, 1.54) is 0 Å². The summed E-state index contributed by atoms with van der Waals surface area (Å²) in [5.74, 6) is 6.44. The minimum Gasteiger partial charge on any atom is -0.491 e. The molecule has 0 radical (unpaired) electrons. The van der Waals surface area contributed by atoms with Crippen molar-refractivity contribution in [2.75, 3.05) is 12.0 Å². The standard InChI is InChI=1S/C15H21N3O/c1-3-6-11-10-13(18-16)12-7-5-8-14(15(12)17-11)19-9-4-2/h5,7-8,10H,3-4,6,9,16H2,1-2H3,(H,17,18). The third-order valence-electron chi connectivity index (χ3n) is 2.98. The lowest BCUT2D eigenvalue weighted by molar-refractivity contribution is 0.320. The molecule has 0 unspecified atom stereocenters. The van der Waals surface area contributed by atoms with Crippen molar-refractivity contribution >= 4 is 16.6 Å². The smallest absolute Gasteiger partial charge is 0.145 e. The molecule has 1 aromatic heterocycles. The van der Waals surface area contributed by atoms with Gasteiger partial charge in [0.1, 0.15) is 11.3 Å². The zero-order valence-corrected chi connectivity index (χ0v) is 11.6. The molecule has 0 saturated carbocycles. The summed E-state index contributed by atoms with van der Waals surface area (Å²) in [6.45, 7) is 4.93. The van der Waals surface area contributed by atoms with Crippen LogP contribution in [0.3, 0.4) is 0 Å². The van der Waals surface area contributed by atoms with Gasteiger partial charge in [-0.15, -0.1) is 0 Å². The molecule has 0 aliphatic rings. The SMILES string of the molecule is CCCOc1cccc2c(NN)cc(CCC)nc12. The first kappa shape index (κ1) is 13.6. The van der Waals surface area contributed by atoms with Gasteiger partial charge >= 0.3 is 0 Å². The predicted octanol–water partition coefficient (Wildman–Crippen LogP) is 3.26. The Bertz CT molecular complexity index is 554. The van der Waals surface area contributed by atoms with Gasteiger partial charge in [-0.2, -0.15) is 0 Å². The number of fused-ring (bicyclic) bond motifs is 1. The fourth-order valence-electron chi connectivity index (χ4n) is 2.11. The first-order chi connectivity index (χ1) is 9.30. The van der Waals surface area contributed by atoms with Gasteiger partial charge in [0, 0.05) is 11.1 Å². The molecule has 0 spiro atoms. The Hall–Kier alpha value is -1.81. The molecule has 102 valence electrons. The Morgan fingerprint density at radius 1 is 1.26 bits per heavy atom. The van der Waals surface area contributed by atoms with E-state index in [0.717, 1.165) is 47.3 Å². The largest absolute Gasteiger partial charge is 0.491 e. The number of hydrazine groups is 1. The van der Waals surface area contributed by atoms with Gasteiger partial charge in [0.05, 0.1) is 12.3 Å². The zero-order chi connectivity index (χ0) is 13.7.